The molecule has 30 heavy (non-hydrogen) atoms. The number of hydrogen-bond acceptors (Lipinski definition) is 5. The Labute approximate surface area is 179 Å². The van der Waals surface area contributed by atoms with Crippen molar-refractivity contribution >= 4 is 28.4 Å². The molecule has 4 aromatic rings. The molecule has 0 aliphatic heterocycles. The minimum Gasteiger partial charge on any atom is -0.497 e. The van der Waals surface area contributed by atoms with Crippen LogP contribution < -0.4 is 4.74 Å². The Hall–Kier alpha value is -3.06. The summed E-state index contributed by atoms with van der Waals surface area (Å²) in [6.45, 7) is 6.12. The van der Waals surface area contributed by atoms with Crippen LogP contribution in [0.5, 0.6) is 5.75 Å². The van der Waals surface area contributed by atoms with Gasteiger partial charge in [-0.15, -0.1) is 10.2 Å². The molecule has 0 saturated heterocycles. The summed E-state index contributed by atoms with van der Waals surface area (Å²) in [6, 6.07) is 15.8. The first kappa shape index (κ1) is 20.2. The molecule has 154 valence electrons. The summed E-state index contributed by atoms with van der Waals surface area (Å²) in [6.07, 6.45) is 0. The number of para-hydroxylation sites is 1. The molecule has 7 heteroatoms. The number of nitrogens with zero attached hydrogens (tertiary/aromatic N) is 3. The lowest BCUT2D eigenvalue weighted by molar-refractivity contribution is 0.102. The number of rotatable bonds is 7. The molecule has 0 radical (unpaired) electrons. The SMILES string of the molecule is COc1ccc(-c2nnc(SCC(=O)c3c(C)[nH]c4ccccc34)n2C(C)C)cc1. The average Bonchev–Trinajstić information content (AvgIpc) is 3.32. The fraction of sp³-hybridized carbons (Fsp3) is 0.261. The zero-order valence-electron chi connectivity index (χ0n) is 17.5. The molecule has 4 rings (SSSR count). The monoisotopic (exact) mass is 420 g/mol. The van der Waals surface area contributed by atoms with Gasteiger partial charge in [-0.2, -0.15) is 0 Å². The highest BCUT2D eigenvalue weighted by Gasteiger charge is 2.20. The maximum Gasteiger partial charge on any atom is 0.192 e. The van der Waals surface area contributed by atoms with Gasteiger partial charge in [-0.1, -0.05) is 30.0 Å². The lowest BCUT2D eigenvalue weighted by atomic mass is 10.1. The molecule has 2 aromatic heterocycles. The molecular weight excluding hydrogens is 396 g/mol. The van der Waals surface area contributed by atoms with E-state index in [0.717, 1.165) is 44.5 Å². The second-order valence-corrected chi connectivity index (χ2v) is 8.32. The van der Waals surface area contributed by atoms with E-state index >= 15 is 0 Å². The number of carbonyl (C=O) groups excluding carboxylic acids is 1. The average molecular weight is 421 g/mol. The molecule has 0 unspecified atom stereocenters. The Morgan fingerprint density at radius 2 is 1.87 bits per heavy atom. The molecule has 0 fully saturated rings. The van der Waals surface area contributed by atoms with Crippen LogP contribution in [0.4, 0.5) is 0 Å². The minimum absolute atomic E-state index is 0.0826. The molecule has 2 heterocycles. The van der Waals surface area contributed by atoms with Gasteiger partial charge in [-0.25, -0.2) is 0 Å². The molecule has 0 atom stereocenters. The molecule has 0 aliphatic rings. The van der Waals surface area contributed by atoms with Gasteiger partial charge in [0.2, 0.25) is 0 Å². The maximum atomic E-state index is 13.0. The molecule has 6 nitrogen and oxygen atoms in total. The molecule has 2 aromatic carbocycles. The Morgan fingerprint density at radius 3 is 2.57 bits per heavy atom. The van der Waals surface area contributed by atoms with Crippen molar-refractivity contribution in [3.05, 3.63) is 59.8 Å². The van der Waals surface area contributed by atoms with E-state index in [9.17, 15) is 4.79 Å². The quantitative estimate of drug-likeness (QED) is 0.324. The summed E-state index contributed by atoms with van der Waals surface area (Å²) in [7, 11) is 1.65. The second kappa shape index (κ2) is 8.36. The smallest absolute Gasteiger partial charge is 0.192 e. The molecule has 1 N–H and O–H groups in total. The molecule has 0 saturated carbocycles. The number of ether oxygens (including phenoxy) is 1. The molecule has 0 amide bonds. The van der Waals surface area contributed by atoms with Crippen molar-refractivity contribution in [2.24, 2.45) is 0 Å². The van der Waals surface area contributed by atoms with Crippen LogP contribution in [0, 0.1) is 6.92 Å². The molecule has 0 aliphatic carbocycles. The first-order chi connectivity index (χ1) is 14.5. The molecule has 0 spiro atoms. The van der Waals surface area contributed by atoms with Gasteiger partial charge in [-0.3, -0.25) is 9.36 Å². The molecule has 0 bridgehead atoms. The van der Waals surface area contributed by atoms with E-state index < -0.39 is 0 Å². The van der Waals surface area contributed by atoms with Crippen molar-refractivity contribution in [1.82, 2.24) is 19.7 Å². The van der Waals surface area contributed by atoms with Crippen LogP contribution in [-0.2, 0) is 0 Å². The number of H-pyrrole nitrogens is 1. The summed E-state index contributed by atoms with van der Waals surface area (Å²) >= 11 is 1.42. The van der Waals surface area contributed by atoms with Gasteiger partial charge in [0.25, 0.3) is 0 Å². The normalized spacial score (nSPS) is 11.4. The van der Waals surface area contributed by atoms with E-state index in [1.54, 1.807) is 7.11 Å². The topological polar surface area (TPSA) is 72.8 Å². The number of carbonyl (C=O) groups is 1. The minimum atomic E-state index is 0.0826. The fourth-order valence-electron chi connectivity index (χ4n) is 3.62. The highest BCUT2D eigenvalue weighted by Crippen LogP contribution is 2.30. The number of methoxy groups -OCH3 is 1. The highest BCUT2D eigenvalue weighted by molar-refractivity contribution is 7.99. The number of ketones is 1. The number of aryl methyl sites for hydroxylation is 1. The zero-order valence-corrected chi connectivity index (χ0v) is 18.3. The summed E-state index contributed by atoms with van der Waals surface area (Å²) in [4.78, 5) is 16.3. The fourth-order valence-corrected chi connectivity index (χ4v) is 4.56. The third-order valence-electron chi connectivity index (χ3n) is 5.03. The third-order valence-corrected chi connectivity index (χ3v) is 5.98. The largest absolute Gasteiger partial charge is 0.497 e. The van der Waals surface area contributed by atoms with E-state index in [-0.39, 0.29) is 11.8 Å². The van der Waals surface area contributed by atoms with Crippen LogP contribution in [0.3, 0.4) is 0 Å². The van der Waals surface area contributed by atoms with Gasteiger partial charge < -0.3 is 9.72 Å². The van der Waals surface area contributed by atoms with Crippen molar-refractivity contribution in [3.63, 3.8) is 0 Å². The van der Waals surface area contributed by atoms with E-state index in [1.165, 1.54) is 11.8 Å². The third kappa shape index (κ3) is 3.73. The van der Waals surface area contributed by atoms with Crippen LogP contribution in [0.1, 0.15) is 35.9 Å². The van der Waals surface area contributed by atoms with Gasteiger partial charge in [0, 0.05) is 33.8 Å². The molecular formula is C23H24N4O2S. The number of nitrogens with one attached hydrogen (secondary N) is 1. The van der Waals surface area contributed by atoms with E-state index in [4.69, 9.17) is 4.74 Å². The highest BCUT2D eigenvalue weighted by atomic mass is 32.2. The first-order valence-electron chi connectivity index (χ1n) is 9.82. The number of fused-ring (bicyclic) bond motifs is 1. The van der Waals surface area contributed by atoms with Crippen molar-refractivity contribution < 1.29 is 9.53 Å². The standard InChI is InChI=1S/C23H24N4O2S/c1-14(2)27-22(16-9-11-17(29-4)12-10-16)25-26-23(27)30-13-20(28)21-15(3)24-19-8-6-5-7-18(19)21/h5-12,14,24H,13H2,1-4H3. The van der Waals surface area contributed by atoms with Gasteiger partial charge in [0.15, 0.2) is 16.8 Å². The van der Waals surface area contributed by atoms with Gasteiger partial charge >= 0.3 is 0 Å². The summed E-state index contributed by atoms with van der Waals surface area (Å²) in [5.41, 5.74) is 3.59. The van der Waals surface area contributed by atoms with Crippen LogP contribution in [0.25, 0.3) is 22.3 Å². The van der Waals surface area contributed by atoms with Crippen molar-refractivity contribution in [1.29, 1.82) is 0 Å². The van der Waals surface area contributed by atoms with E-state index in [1.807, 2.05) is 55.5 Å². The number of thioether (sulfide) groups is 1. The Balaban J connectivity index is 1.59. The van der Waals surface area contributed by atoms with Crippen LogP contribution >= 0.6 is 11.8 Å². The number of aromatic amines is 1. The number of aromatic nitrogens is 4. The van der Waals surface area contributed by atoms with E-state index in [0.29, 0.717) is 5.75 Å². The lowest BCUT2D eigenvalue weighted by Gasteiger charge is -2.14. The predicted molar refractivity (Wildman–Crippen MR) is 120 cm³/mol. The Kier molecular flexibility index (Phi) is 5.63. The van der Waals surface area contributed by atoms with Crippen LogP contribution in [-0.4, -0.2) is 38.4 Å². The van der Waals surface area contributed by atoms with Crippen molar-refractivity contribution in [2.75, 3.05) is 12.9 Å². The zero-order chi connectivity index (χ0) is 21.3. The van der Waals surface area contributed by atoms with E-state index in [2.05, 4.69) is 33.6 Å². The maximum absolute atomic E-state index is 13.0. The number of benzene rings is 2. The van der Waals surface area contributed by atoms with Crippen LogP contribution in [0.15, 0.2) is 53.7 Å². The van der Waals surface area contributed by atoms with Crippen molar-refractivity contribution in [3.8, 4) is 17.1 Å². The summed E-state index contributed by atoms with van der Waals surface area (Å²) in [5.74, 6) is 1.96. The Morgan fingerprint density at radius 1 is 1.13 bits per heavy atom. The summed E-state index contributed by atoms with van der Waals surface area (Å²) in [5, 5.41) is 10.5. The lowest BCUT2D eigenvalue weighted by Crippen LogP contribution is -2.08. The number of hydrogen-bond donors (Lipinski definition) is 1. The Bertz CT molecular complexity index is 1190. The van der Waals surface area contributed by atoms with Gasteiger partial charge in [-0.05, 0) is 51.1 Å². The first-order valence-corrected chi connectivity index (χ1v) is 10.8. The number of Topliss-reactive ketones (excluding diaryl/α,β-unsaturated/α-hetero) is 1. The predicted octanol–water partition coefficient (Wildman–Crippen LogP) is 5.30. The second-order valence-electron chi connectivity index (χ2n) is 7.38. The van der Waals surface area contributed by atoms with Crippen molar-refractivity contribution in [2.45, 2.75) is 32.0 Å². The van der Waals surface area contributed by atoms with Crippen LogP contribution in [0.2, 0.25) is 0 Å². The van der Waals surface area contributed by atoms with Gasteiger partial charge in [0.1, 0.15) is 5.75 Å². The van der Waals surface area contributed by atoms with Gasteiger partial charge in [0.05, 0.1) is 12.9 Å². The summed E-state index contributed by atoms with van der Waals surface area (Å²) < 4.78 is 7.31.